The molecule has 0 N–H and O–H groups in total. The van der Waals surface area contributed by atoms with Crippen LogP contribution in [0.3, 0.4) is 0 Å². The number of halogens is 2. The van der Waals surface area contributed by atoms with E-state index in [4.69, 9.17) is 0 Å². The number of hydrogen-bond acceptors (Lipinski definition) is 0. The summed E-state index contributed by atoms with van der Waals surface area (Å²) in [5.41, 5.74) is 1.50. The molecule has 2 heteroatoms. The van der Waals surface area contributed by atoms with E-state index in [0.29, 0.717) is 29.5 Å². The Morgan fingerprint density at radius 1 is 1.00 bits per heavy atom. The molecule has 2 unspecified atom stereocenters. The van der Waals surface area contributed by atoms with Crippen LogP contribution in [-0.2, 0) is 6.42 Å². The Labute approximate surface area is 180 Å². The Bertz CT molecular complexity index is 897. The first-order valence-corrected chi connectivity index (χ1v) is 12.1. The van der Waals surface area contributed by atoms with Crippen molar-refractivity contribution in [2.45, 2.75) is 84.0 Å². The molecule has 0 saturated heterocycles. The van der Waals surface area contributed by atoms with Crippen molar-refractivity contribution in [1.29, 1.82) is 0 Å². The van der Waals surface area contributed by atoms with Gasteiger partial charge in [0.1, 0.15) is 11.6 Å². The zero-order valence-corrected chi connectivity index (χ0v) is 18.6. The maximum atomic E-state index is 15.0. The topological polar surface area (TPSA) is 0 Å². The molecule has 2 aromatic carbocycles. The summed E-state index contributed by atoms with van der Waals surface area (Å²) in [4.78, 5) is 0. The monoisotopic (exact) mass is 410 g/mol. The first kappa shape index (κ1) is 21.5. The van der Waals surface area contributed by atoms with Crippen LogP contribution in [0.5, 0.6) is 0 Å². The predicted molar refractivity (Wildman–Crippen MR) is 123 cm³/mol. The zero-order chi connectivity index (χ0) is 21.1. The van der Waals surface area contributed by atoms with Crippen LogP contribution in [0.25, 0.3) is 10.8 Å². The van der Waals surface area contributed by atoms with Gasteiger partial charge in [-0.15, -0.1) is 0 Å². The third-order valence-corrected chi connectivity index (χ3v) is 7.83. The van der Waals surface area contributed by atoms with E-state index in [1.807, 2.05) is 25.1 Å². The van der Waals surface area contributed by atoms with Crippen molar-refractivity contribution in [3.8, 4) is 0 Å². The minimum absolute atomic E-state index is 0.220. The highest BCUT2D eigenvalue weighted by atomic mass is 19.1. The smallest absolute Gasteiger partial charge is 0.137 e. The van der Waals surface area contributed by atoms with Crippen molar-refractivity contribution in [3.63, 3.8) is 0 Å². The van der Waals surface area contributed by atoms with E-state index >= 15 is 0 Å². The molecule has 0 heterocycles. The molecule has 4 atom stereocenters. The fourth-order valence-corrected chi connectivity index (χ4v) is 6.23. The Hall–Kier alpha value is -1.70. The molecule has 2 aromatic rings. The maximum Gasteiger partial charge on any atom is 0.137 e. The van der Waals surface area contributed by atoms with Gasteiger partial charge in [-0.05, 0) is 92.6 Å². The van der Waals surface area contributed by atoms with Crippen LogP contribution < -0.4 is 0 Å². The lowest BCUT2D eigenvalue weighted by Gasteiger charge is -2.42. The molecule has 0 aromatic heterocycles. The van der Waals surface area contributed by atoms with Crippen LogP contribution in [0.1, 0.15) is 88.7 Å². The number of benzene rings is 2. The maximum absolute atomic E-state index is 15.0. The van der Waals surface area contributed by atoms with E-state index in [1.165, 1.54) is 56.9 Å². The van der Waals surface area contributed by atoms with Gasteiger partial charge in [-0.1, -0.05) is 56.5 Å². The van der Waals surface area contributed by atoms with Crippen LogP contribution in [0.4, 0.5) is 8.78 Å². The summed E-state index contributed by atoms with van der Waals surface area (Å²) in [6, 6.07) is 7.61. The lowest BCUT2D eigenvalue weighted by atomic mass is 9.63. The highest BCUT2D eigenvalue weighted by molar-refractivity contribution is 5.85. The highest BCUT2D eigenvalue weighted by Crippen LogP contribution is 2.48. The lowest BCUT2D eigenvalue weighted by Crippen LogP contribution is -2.30. The summed E-state index contributed by atoms with van der Waals surface area (Å²) < 4.78 is 29.6. The lowest BCUT2D eigenvalue weighted by molar-refractivity contribution is 0.114. The van der Waals surface area contributed by atoms with Crippen molar-refractivity contribution in [2.75, 3.05) is 0 Å². The van der Waals surface area contributed by atoms with Gasteiger partial charge in [-0.2, -0.15) is 0 Å². The molecule has 0 nitrogen and oxygen atoms in total. The second-order valence-corrected chi connectivity index (χ2v) is 9.74. The molecular weight excluding hydrogens is 374 g/mol. The van der Waals surface area contributed by atoms with Crippen molar-refractivity contribution < 1.29 is 8.78 Å². The van der Waals surface area contributed by atoms with Crippen LogP contribution in [0, 0.1) is 29.4 Å². The average molecular weight is 411 g/mol. The number of fused-ring (bicyclic) bond motifs is 2. The Kier molecular flexibility index (Phi) is 6.91. The van der Waals surface area contributed by atoms with Crippen molar-refractivity contribution >= 4 is 10.8 Å². The van der Waals surface area contributed by atoms with E-state index in [9.17, 15) is 8.78 Å². The first-order valence-electron chi connectivity index (χ1n) is 12.1. The summed E-state index contributed by atoms with van der Waals surface area (Å²) in [6.45, 7) is 4.23. The Balaban J connectivity index is 1.51. The molecular formula is C28H36F2. The van der Waals surface area contributed by atoms with Gasteiger partial charge >= 0.3 is 0 Å². The second kappa shape index (κ2) is 9.62. The minimum atomic E-state index is -0.403. The molecule has 0 bridgehead atoms. The molecule has 2 aliphatic rings. The molecule has 0 spiro atoms. The van der Waals surface area contributed by atoms with Gasteiger partial charge in [-0.25, -0.2) is 8.78 Å². The van der Waals surface area contributed by atoms with Gasteiger partial charge in [0.25, 0.3) is 0 Å². The van der Waals surface area contributed by atoms with E-state index in [1.54, 1.807) is 6.07 Å². The molecule has 0 amide bonds. The molecule has 2 aliphatic carbocycles. The van der Waals surface area contributed by atoms with Gasteiger partial charge < -0.3 is 0 Å². The van der Waals surface area contributed by atoms with Crippen LogP contribution >= 0.6 is 0 Å². The van der Waals surface area contributed by atoms with Crippen molar-refractivity contribution in [3.05, 3.63) is 59.2 Å². The fourth-order valence-electron chi connectivity index (χ4n) is 6.23. The average Bonchev–Trinajstić information content (AvgIpc) is 2.75. The predicted octanol–water partition coefficient (Wildman–Crippen LogP) is 8.73. The summed E-state index contributed by atoms with van der Waals surface area (Å²) in [5, 5.41) is 1.27. The summed E-state index contributed by atoms with van der Waals surface area (Å²) in [5.74, 6) is 2.45. The van der Waals surface area contributed by atoms with Crippen LogP contribution in [-0.4, -0.2) is 0 Å². The SMILES string of the molecule is C/C=C/CCc1c(F)cc2cc([C@@H]3CC[C@@H]4CC(CCC)CCC4C3)ccc2c1F. The third kappa shape index (κ3) is 4.48. The van der Waals surface area contributed by atoms with E-state index < -0.39 is 5.82 Å². The van der Waals surface area contributed by atoms with E-state index in [2.05, 4.69) is 19.1 Å². The molecule has 4 rings (SSSR count). The van der Waals surface area contributed by atoms with Crippen LogP contribution in [0.15, 0.2) is 36.4 Å². The second-order valence-electron chi connectivity index (χ2n) is 9.74. The molecule has 0 aliphatic heterocycles. The van der Waals surface area contributed by atoms with Gasteiger partial charge in [0.2, 0.25) is 0 Å². The largest absolute Gasteiger partial charge is 0.207 e. The molecule has 2 fully saturated rings. The molecule has 2 saturated carbocycles. The van der Waals surface area contributed by atoms with Gasteiger partial charge in [-0.3, -0.25) is 0 Å². The number of rotatable bonds is 6. The number of hydrogen-bond donors (Lipinski definition) is 0. The van der Waals surface area contributed by atoms with E-state index in [-0.39, 0.29) is 11.4 Å². The molecule has 162 valence electrons. The standard InChI is InChI=1S/C28H36F2/c1-3-5-6-8-26-27(29)18-24-17-23(13-14-25(24)28(26)30)22-12-11-20-15-19(7-4-2)9-10-21(20)16-22/h3,5,13-14,17-22H,4,6-12,15-16H2,1-2H3/b5-3+/t19?,20-,21?,22-/m1/s1. The summed E-state index contributed by atoms with van der Waals surface area (Å²) in [7, 11) is 0. The fraction of sp³-hybridized carbons (Fsp3) is 0.571. The third-order valence-electron chi connectivity index (χ3n) is 7.83. The highest BCUT2D eigenvalue weighted by Gasteiger charge is 2.35. The van der Waals surface area contributed by atoms with Gasteiger partial charge in [0.05, 0.1) is 0 Å². The minimum Gasteiger partial charge on any atom is -0.207 e. The first-order chi connectivity index (χ1) is 14.6. The van der Waals surface area contributed by atoms with Crippen molar-refractivity contribution in [2.24, 2.45) is 17.8 Å². The molecule has 30 heavy (non-hydrogen) atoms. The van der Waals surface area contributed by atoms with Crippen LogP contribution in [0.2, 0.25) is 0 Å². The van der Waals surface area contributed by atoms with E-state index in [0.717, 1.165) is 17.8 Å². The van der Waals surface area contributed by atoms with Gasteiger partial charge in [0.15, 0.2) is 0 Å². The number of allylic oxidation sites excluding steroid dienone is 2. The summed E-state index contributed by atoms with van der Waals surface area (Å²) >= 11 is 0. The quantitative estimate of drug-likeness (QED) is 0.418. The van der Waals surface area contributed by atoms with Crippen molar-refractivity contribution in [1.82, 2.24) is 0 Å². The molecule has 0 radical (unpaired) electrons. The normalized spacial score (nSPS) is 26.9. The summed E-state index contributed by atoms with van der Waals surface area (Å²) in [6.07, 6.45) is 15.6. The Morgan fingerprint density at radius 3 is 2.60 bits per heavy atom. The Morgan fingerprint density at radius 2 is 1.80 bits per heavy atom. The zero-order valence-electron chi connectivity index (χ0n) is 18.6. The van der Waals surface area contributed by atoms with Gasteiger partial charge in [0, 0.05) is 10.9 Å².